The molecule has 1 aliphatic heterocycles. The molecule has 0 radical (unpaired) electrons. The van der Waals surface area contributed by atoms with E-state index in [2.05, 4.69) is 5.32 Å². The Bertz CT molecular complexity index is 431. The summed E-state index contributed by atoms with van der Waals surface area (Å²) < 4.78 is 10.2. The van der Waals surface area contributed by atoms with Crippen LogP contribution in [0.4, 0.5) is 0 Å². The van der Waals surface area contributed by atoms with Crippen LogP contribution in [0.15, 0.2) is 18.2 Å². The number of benzene rings is 1. The van der Waals surface area contributed by atoms with Gasteiger partial charge in [0, 0.05) is 13.7 Å². The molecule has 1 atom stereocenters. The third-order valence-corrected chi connectivity index (χ3v) is 3.04. The molecule has 1 N–H and O–H groups in total. The van der Waals surface area contributed by atoms with Gasteiger partial charge in [-0.1, -0.05) is 6.07 Å². The quantitative estimate of drug-likeness (QED) is 0.822. The van der Waals surface area contributed by atoms with Crippen molar-refractivity contribution in [2.24, 2.45) is 0 Å². The van der Waals surface area contributed by atoms with E-state index in [1.807, 2.05) is 25.1 Å². The molecule has 0 bridgehead atoms. The molecule has 1 aromatic carbocycles. The fourth-order valence-corrected chi connectivity index (χ4v) is 2.13. The highest BCUT2D eigenvalue weighted by molar-refractivity contribution is 5.89. The van der Waals surface area contributed by atoms with E-state index in [0.717, 1.165) is 19.5 Å². The summed E-state index contributed by atoms with van der Waals surface area (Å²) in [4.78, 5) is 11.9. The summed E-state index contributed by atoms with van der Waals surface area (Å²) in [6, 6.07) is 5.78. The van der Waals surface area contributed by atoms with E-state index in [4.69, 9.17) is 9.47 Å². The number of carbonyl (C=O) groups excluding carboxylic acids is 1. The van der Waals surface area contributed by atoms with Gasteiger partial charge in [0.25, 0.3) is 0 Å². The Morgan fingerprint density at radius 1 is 1.44 bits per heavy atom. The van der Waals surface area contributed by atoms with Crippen LogP contribution in [0.1, 0.15) is 28.4 Å². The SMILES string of the molecule is COCC(C)OC(=O)c1ccc2c(c1)CNCC2. The van der Waals surface area contributed by atoms with Gasteiger partial charge >= 0.3 is 5.97 Å². The van der Waals surface area contributed by atoms with Crippen molar-refractivity contribution in [2.45, 2.75) is 26.0 Å². The van der Waals surface area contributed by atoms with Crippen molar-refractivity contribution in [3.8, 4) is 0 Å². The van der Waals surface area contributed by atoms with E-state index in [1.54, 1.807) is 7.11 Å². The highest BCUT2D eigenvalue weighted by Crippen LogP contribution is 2.16. The van der Waals surface area contributed by atoms with Gasteiger partial charge in [-0.05, 0) is 43.1 Å². The van der Waals surface area contributed by atoms with Gasteiger partial charge in [0.05, 0.1) is 12.2 Å². The lowest BCUT2D eigenvalue weighted by Gasteiger charge is -2.18. The van der Waals surface area contributed by atoms with Crippen molar-refractivity contribution >= 4 is 5.97 Å². The minimum Gasteiger partial charge on any atom is -0.457 e. The Balaban J connectivity index is 2.06. The molecule has 4 heteroatoms. The fourth-order valence-electron chi connectivity index (χ4n) is 2.13. The summed E-state index contributed by atoms with van der Waals surface area (Å²) in [6.07, 6.45) is 0.793. The first-order chi connectivity index (χ1) is 8.70. The van der Waals surface area contributed by atoms with Gasteiger partial charge in [0.1, 0.15) is 6.10 Å². The van der Waals surface area contributed by atoms with Crippen LogP contribution in [0.3, 0.4) is 0 Å². The summed E-state index contributed by atoms with van der Waals surface area (Å²) in [7, 11) is 1.59. The number of ether oxygens (including phenoxy) is 2. The molecule has 0 spiro atoms. The van der Waals surface area contributed by atoms with Gasteiger partial charge in [0.15, 0.2) is 0 Å². The monoisotopic (exact) mass is 249 g/mol. The van der Waals surface area contributed by atoms with Gasteiger partial charge in [-0.25, -0.2) is 4.79 Å². The second-order valence-electron chi connectivity index (χ2n) is 4.58. The zero-order valence-electron chi connectivity index (χ0n) is 10.9. The lowest BCUT2D eigenvalue weighted by Crippen LogP contribution is -2.24. The van der Waals surface area contributed by atoms with E-state index >= 15 is 0 Å². The van der Waals surface area contributed by atoms with E-state index < -0.39 is 0 Å². The third kappa shape index (κ3) is 3.09. The summed E-state index contributed by atoms with van der Waals surface area (Å²) in [6.45, 7) is 4.06. The standard InChI is InChI=1S/C14H19NO3/c1-10(9-17-2)18-14(16)12-4-3-11-5-6-15-8-13(11)7-12/h3-4,7,10,15H,5-6,8-9H2,1-2H3. The topological polar surface area (TPSA) is 47.6 Å². The normalized spacial score (nSPS) is 15.9. The number of esters is 1. The smallest absolute Gasteiger partial charge is 0.338 e. The van der Waals surface area contributed by atoms with E-state index in [1.165, 1.54) is 11.1 Å². The van der Waals surface area contributed by atoms with Crippen LogP contribution in [0.2, 0.25) is 0 Å². The van der Waals surface area contributed by atoms with E-state index in [-0.39, 0.29) is 12.1 Å². The minimum atomic E-state index is -0.284. The minimum absolute atomic E-state index is 0.225. The predicted octanol–water partition coefficient (Wildman–Crippen LogP) is 1.52. The Morgan fingerprint density at radius 3 is 3.06 bits per heavy atom. The number of hydrogen-bond acceptors (Lipinski definition) is 4. The highest BCUT2D eigenvalue weighted by atomic mass is 16.6. The molecule has 18 heavy (non-hydrogen) atoms. The first kappa shape index (κ1) is 13.1. The lowest BCUT2D eigenvalue weighted by molar-refractivity contribution is 0.0120. The molecule has 4 nitrogen and oxygen atoms in total. The Hall–Kier alpha value is -1.39. The first-order valence-corrected chi connectivity index (χ1v) is 6.23. The van der Waals surface area contributed by atoms with E-state index in [9.17, 15) is 4.79 Å². The molecule has 0 saturated heterocycles. The third-order valence-electron chi connectivity index (χ3n) is 3.04. The van der Waals surface area contributed by atoms with Crippen molar-refractivity contribution in [2.75, 3.05) is 20.3 Å². The summed E-state index contributed by atoms with van der Waals surface area (Å²) in [5.41, 5.74) is 3.12. The number of rotatable bonds is 4. The van der Waals surface area contributed by atoms with Crippen LogP contribution in [0.25, 0.3) is 0 Å². The Labute approximate surface area is 107 Å². The van der Waals surface area contributed by atoms with Crippen LogP contribution >= 0.6 is 0 Å². The van der Waals surface area contributed by atoms with Gasteiger partial charge < -0.3 is 14.8 Å². The molecule has 0 amide bonds. The average Bonchev–Trinajstić information content (AvgIpc) is 2.38. The molecule has 1 aromatic rings. The zero-order chi connectivity index (χ0) is 13.0. The molecule has 0 fully saturated rings. The van der Waals surface area contributed by atoms with Crippen molar-refractivity contribution in [1.29, 1.82) is 0 Å². The van der Waals surface area contributed by atoms with Crippen LogP contribution in [-0.2, 0) is 22.4 Å². The molecular weight excluding hydrogens is 230 g/mol. The average molecular weight is 249 g/mol. The van der Waals surface area contributed by atoms with E-state index in [0.29, 0.717) is 12.2 Å². The molecule has 0 aliphatic carbocycles. The second-order valence-corrected chi connectivity index (χ2v) is 4.58. The zero-order valence-corrected chi connectivity index (χ0v) is 10.9. The highest BCUT2D eigenvalue weighted by Gasteiger charge is 2.15. The fraction of sp³-hybridized carbons (Fsp3) is 0.500. The number of methoxy groups -OCH3 is 1. The van der Waals surface area contributed by atoms with Crippen LogP contribution in [0.5, 0.6) is 0 Å². The largest absolute Gasteiger partial charge is 0.457 e. The lowest BCUT2D eigenvalue weighted by atomic mass is 9.99. The van der Waals surface area contributed by atoms with Crippen LogP contribution in [-0.4, -0.2) is 32.3 Å². The van der Waals surface area contributed by atoms with Crippen molar-refractivity contribution in [1.82, 2.24) is 5.32 Å². The maximum Gasteiger partial charge on any atom is 0.338 e. The van der Waals surface area contributed by atoms with Crippen molar-refractivity contribution < 1.29 is 14.3 Å². The molecule has 0 saturated carbocycles. The molecular formula is C14H19NO3. The molecule has 1 unspecified atom stereocenters. The summed E-state index contributed by atoms with van der Waals surface area (Å²) in [5.74, 6) is -0.284. The van der Waals surface area contributed by atoms with Gasteiger partial charge in [0.2, 0.25) is 0 Å². The second kappa shape index (κ2) is 5.98. The van der Waals surface area contributed by atoms with Crippen LogP contribution < -0.4 is 5.32 Å². The number of carbonyl (C=O) groups is 1. The van der Waals surface area contributed by atoms with Gasteiger partial charge in [-0.15, -0.1) is 0 Å². The Kier molecular flexibility index (Phi) is 4.33. The molecule has 98 valence electrons. The molecule has 1 heterocycles. The maximum absolute atomic E-state index is 11.9. The van der Waals surface area contributed by atoms with Gasteiger partial charge in [-0.3, -0.25) is 0 Å². The van der Waals surface area contributed by atoms with Crippen LogP contribution in [0, 0.1) is 0 Å². The molecule has 1 aliphatic rings. The number of nitrogens with one attached hydrogen (secondary N) is 1. The van der Waals surface area contributed by atoms with Crippen molar-refractivity contribution in [3.05, 3.63) is 34.9 Å². The Morgan fingerprint density at radius 2 is 2.28 bits per heavy atom. The summed E-state index contributed by atoms with van der Waals surface area (Å²) in [5, 5.41) is 3.30. The van der Waals surface area contributed by atoms with Gasteiger partial charge in [-0.2, -0.15) is 0 Å². The number of hydrogen-bond donors (Lipinski definition) is 1. The number of fused-ring (bicyclic) bond motifs is 1. The molecule has 0 aromatic heterocycles. The predicted molar refractivity (Wildman–Crippen MR) is 68.6 cm³/mol. The van der Waals surface area contributed by atoms with Crippen molar-refractivity contribution in [3.63, 3.8) is 0 Å². The molecule has 2 rings (SSSR count). The first-order valence-electron chi connectivity index (χ1n) is 6.23. The summed E-state index contributed by atoms with van der Waals surface area (Å²) >= 11 is 0. The maximum atomic E-state index is 11.9.